The summed E-state index contributed by atoms with van der Waals surface area (Å²) >= 11 is 5.28. The Bertz CT molecular complexity index is 467. The Morgan fingerprint density at radius 1 is 1.48 bits per heavy atom. The summed E-state index contributed by atoms with van der Waals surface area (Å²) in [5.41, 5.74) is -0.610. The van der Waals surface area contributed by atoms with Crippen molar-refractivity contribution in [2.24, 2.45) is 0 Å². The Kier molecular flexibility index (Phi) is 7.77. The van der Waals surface area contributed by atoms with Gasteiger partial charge in [0, 0.05) is 15.4 Å². The third-order valence-electron chi connectivity index (χ3n) is 3.13. The van der Waals surface area contributed by atoms with Crippen molar-refractivity contribution in [3.63, 3.8) is 0 Å². The van der Waals surface area contributed by atoms with Gasteiger partial charge < -0.3 is 4.74 Å². The molecule has 21 heavy (non-hydrogen) atoms. The maximum Gasteiger partial charge on any atom is 0.325 e. The van der Waals surface area contributed by atoms with Crippen molar-refractivity contribution < 1.29 is 9.53 Å². The summed E-state index contributed by atoms with van der Waals surface area (Å²) in [5.74, 6) is 0.784. The van der Waals surface area contributed by atoms with Crippen molar-refractivity contribution >= 4 is 33.7 Å². The lowest BCUT2D eigenvalue weighted by Crippen LogP contribution is -2.53. The van der Waals surface area contributed by atoms with Crippen LogP contribution < -0.4 is 5.32 Å². The number of carbonyl (C=O) groups is 1. The molecule has 0 radical (unpaired) electrons. The van der Waals surface area contributed by atoms with Crippen LogP contribution >= 0.6 is 27.7 Å². The first-order valence-corrected chi connectivity index (χ1v) is 8.90. The van der Waals surface area contributed by atoms with Crippen LogP contribution in [-0.2, 0) is 9.53 Å². The molecular weight excluding hydrogens is 350 g/mol. The van der Waals surface area contributed by atoms with Gasteiger partial charge in [-0.2, -0.15) is 0 Å². The number of halogens is 1. The van der Waals surface area contributed by atoms with Crippen LogP contribution in [-0.4, -0.2) is 30.4 Å². The van der Waals surface area contributed by atoms with Gasteiger partial charge in [-0.25, -0.2) is 0 Å². The van der Waals surface area contributed by atoms with Gasteiger partial charge in [-0.3, -0.25) is 10.1 Å². The number of thioether (sulfide) groups is 1. The molecule has 3 nitrogen and oxygen atoms in total. The van der Waals surface area contributed by atoms with Crippen LogP contribution in [0.15, 0.2) is 33.6 Å². The van der Waals surface area contributed by atoms with Crippen molar-refractivity contribution in [2.75, 3.05) is 12.9 Å². The fraction of sp³-hybridized carbons (Fsp3) is 0.562. The van der Waals surface area contributed by atoms with E-state index in [1.807, 2.05) is 32.9 Å². The van der Waals surface area contributed by atoms with Crippen LogP contribution in [0.1, 0.15) is 33.6 Å². The highest BCUT2D eigenvalue weighted by Crippen LogP contribution is 2.24. The van der Waals surface area contributed by atoms with Crippen molar-refractivity contribution in [3.05, 3.63) is 28.7 Å². The van der Waals surface area contributed by atoms with E-state index in [1.54, 1.807) is 11.8 Å². The van der Waals surface area contributed by atoms with Crippen molar-refractivity contribution in [1.29, 1.82) is 0 Å². The molecule has 0 aliphatic heterocycles. The zero-order valence-corrected chi connectivity index (χ0v) is 15.5. The molecule has 1 aromatic rings. The van der Waals surface area contributed by atoms with E-state index in [9.17, 15) is 4.79 Å². The van der Waals surface area contributed by atoms with Crippen molar-refractivity contribution in [1.82, 2.24) is 5.32 Å². The van der Waals surface area contributed by atoms with Crippen LogP contribution in [0.4, 0.5) is 0 Å². The van der Waals surface area contributed by atoms with Gasteiger partial charge in [-0.15, -0.1) is 11.8 Å². The Morgan fingerprint density at radius 2 is 2.19 bits per heavy atom. The highest BCUT2D eigenvalue weighted by atomic mass is 79.9. The predicted molar refractivity (Wildman–Crippen MR) is 92.8 cm³/mol. The zero-order valence-electron chi connectivity index (χ0n) is 13.1. The molecule has 0 aliphatic carbocycles. The summed E-state index contributed by atoms with van der Waals surface area (Å²) in [7, 11) is 1.44. The second kappa shape index (κ2) is 8.81. The van der Waals surface area contributed by atoms with Crippen LogP contribution in [0.2, 0.25) is 0 Å². The van der Waals surface area contributed by atoms with E-state index in [1.165, 1.54) is 12.0 Å². The number of rotatable bonds is 8. The summed E-state index contributed by atoms with van der Waals surface area (Å²) in [6, 6.07) is 8.50. The topological polar surface area (TPSA) is 38.3 Å². The molecule has 0 saturated heterocycles. The van der Waals surface area contributed by atoms with Crippen molar-refractivity contribution in [2.45, 2.75) is 50.1 Å². The molecular formula is C16H24BrNO2S. The second-order valence-electron chi connectivity index (χ2n) is 5.53. The Labute approximate surface area is 140 Å². The molecule has 0 heterocycles. The monoisotopic (exact) mass is 373 g/mol. The lowest BCUT2D eigenvalue weighted by atomic mass is 9.95. The second-order valence-corrected chi connectivity index (χ2v) is 7.62. The minimum absolute atomic E-state index is 0.191. The molecule has 1 aromatic carbocycles. The molecule has 0 amide bonds. The number of benzene rings is 1. The van der Waals surface area contributed by atoms with Gasteiger partial charge >= 0.3 is 5.97 Å². The highest BCUT2D eigenvalue weighted by molar-refractivity contribution is 9.10. The van der Waals surface area contributed by atoms with Gasteiger partial charge in [0.1, 0.15) is 5.54 Å². The Morgan fingerprint density at radius 3 is 2.76 bits per heavy atom. The average molecular weight is 374 g/mol. The van der Waals surface area contributed by atoms with E-state index in [0.29, 0.717) is 0 Å². The fourth-order valence-corrected chi connectivity index (χ4v) is 3.73. The standard InChI is InChI=1S/C16H24BrNO2S/c1-12(2)18-16(3,15(19)20-4)9-6-10-21-14-8-5-7-13(17)11-14/h5,7-8,11-12,18H,6,9-10H2,1-4H3. The van der Waals surface area contributed by atoms with E-state index < -0.39 is 5.54 Å². The molecule has 0 spiro atoms. The zero-order chi connectivity index (χ0) is 15.9. The molecule has 0 fully saturated rings. The van der Waals surface area contributed by atoms with Crippen molar-refractivity contribution in [3.8, 4) is 0 Å². The summed E-state index contributed by atoms with van der Waals surface area (Å²) in [6.45, 7) is 6.00. The quantitative estimate of drug-likeness (QED) is 0.419. The van der Waals surface area contributed by atoms with E-state index in [2.05, 4.69) is 33.4 Å². The molecule has 0 aromatic heterocycles. The fourth-order valence-electron chi connectivity index (χ4n) is 2.27. The number of ether oxygens (including phenoxy) is 1. The van der Waals surface area contributed by atoms with Crippen LogP contribution in [0.3, 0.4) is 0 Å². The van der Waals surface area contributed by atoms with Gasteiger partial charge in [0.25, 0.3) is 0 Å². The number of nitrogens with one attached hydrogen (secondary N) is 1. The lowest BCUT2D eigenvalue weighted by molar-refractivity contribution is -0.148. The van der Waals surface area contributed by atoms with E-state index in [0.717, 1.165) is 23.1 Å². The first-order valence-electron chi connectivity index (χ1n) is 7.12. The predicted octanol–water partition coefficient (Wildman–Crippen LogP) is 4.25. The smallest absolute Gasteiger partial charge is 0.325 e. The number of methoxy groups -OCH3 is 1. The molecule has 0 saturated carbocycles. The average Bonchev–Trinajstić information content (AvgIpc) is 2.42. The highest BCUT2D eigenvalue weighted by Gasteiger charge is 2.33. The van der Waals surface area contributed by atoms with E-state index in [4.69, 9.17) is 4.74 Å². The molecule has 1 N–H and O–H groups in total. The van der Waals surface area contributed by atoms with Gasteiger partial charge in [-0.1, -0.05) is 22.0 Å². The minimum Gasteiger partial charge on any atom is -0.468 e. The third-order valence-corrected chi connectivity index (χ3v) is 4.70. The molecule has 1 rings (SSSR count). The van der Waals surface area contributed by atoms with Crippen LogP contribution in [0.5, 0.6) is 0 Å². The number of hydrogen-bond donors (Lipinski definition) is 1. The van der Waals surface area contributed by atoms with E-state index in [-0.39, 0.29) is 12.0 Å². The van der Waals surface area contributed by atoms with E-state index >= 15 is 0 Å². The van der Waals surface area contributed by atoms with Gasteiger partial charge in [0.05, 0.1) is 7.11 Å². The van der Waals surface area contributed by atoms with Gasteiger partial charge in [0.15, 0.2) is 0 Å². The summed E-state index contributed by atoms with van der Waals surface area (Å²) in [6.07, 6.45) is 1.71. The molecule has 118 valence electrons. The first kappa shape index (κ1) is 18.5. The summed E-state index contributed by atoms with van der Waals surface area (Å²) < 4.78 is 6.02. The Balaban J connectivity index is 2.48. The SMILES string of the molecule is COC(=O)C(C)(CCCSc1cccc(Br)c1)NC(C)C. The van der Waals surface area contributed by atoms with Crippen LogP contribution in [0, 0.1) is 0 Å². The lowest BCUT2D eigenvalue weighted by Gasteiger charge is -2.30. The molecule has 0 aliphatic rings. The Hall–Kier alpha value is -0.520. The van der Waals surface area contributed by atoms with Crippen LogP contribution in [0.25, 0.3) is 0 Å². The maximum atomic E-state index is 12.0. The minimum atomic E-state index is -0.610. The van der Waals surface area contributed by atoms with Gasteiger partial charge in [-0.05, 0) is 57.6 Å². The number of hydrogen-bond acceptors (Lipinski definition) is 4. The molecule has 5 heteroatoms. The molecule has 1 atom stereocenters. The molecule has 0 bridgehead atoms. The number of carbonyl (C=O) groups excluding carboxylic acids is 1. The van der Waals surface area contributed by atoms with Gasteiger partial charge in [0.2, 0.25) is 0 Å². The summed E-state index contributed by atoms with van der Waals surface area (Å²) in [5, 5.41) is 3.32. The maximum absolute atomic E-state index is 12.0. The normalized spacial score (nSPS) is 14.0. The third kappa shape index (κ3) is 6.41. The largest absolute Gasteiger partial charge is 0.468 e. The first-order chi connectivity index (χ1) is 9.87. The number of esters is 1. The summed E-state index contributed by atoms with van der Waals surface area (Å²) in [4.78, 5) is 13.2. The molecule has 1 unspecified atom stereocenters.